The van der Waals surface area contributed by atoms with Gasteiger partial charge in [0, 0.05) is 11.6 Å². The quantitative estimate of drug-likeness (QED) is 0.415. The van der Waals surface area contributed by atoms with E-state index in [-0.39, 0.29) is 0 Å². The minimum absolute atomic E-state index is 0.308. The number of rotatable bonds is 3. The summed E-state index contributed by atoms with van der Waals surface area (Å²) >= 11 is 0. The zero-order valence-corrected chi connectivity index (χ0v) is 7.99. The predicted molar refractivity (Wildman–Crippen MR) is 55.4 cm³/mol. The lowest BCUT2D eigenvalue weighted by Gasteiger charge is -2.05. The first-order valence-electron chi connectivity index (χ1n) is 4.34. The third-order valence-electron chi connectivity index (χ3n) is 1.51. The molecule has 0 fully saturated rings. The lowest BCUT2D eigenvalue weighted by atomic mass is 10.2. The topological polar surface area (TPSA) is 50.4 Å². The molecule has 0 saturated heterocycles. The van der Waals surface area contributed by atoms with Crippen LogP contribution < -0.4 is 11.2 Å². The fraction of sp³-hybridized carbons (Fsp3) is 0.300. The van der Waals surface area contributed by atoms with E-state index in [0.717, 1.165) is 5.56 Å². The Kier molecular flexibility index (Phi) is 3.31. The number of nitrogens with two attached hydrogens (primary N) is 1. The van der Waals surface area contributed by atoms with Gasteiger partial charge in [0.05, 0.1) is 0 Å². The summed E-state index contributed by atoms with van der Waals surface area (Å²) in [5, 5.41) is 4.04. The lowest BCUT2D eigenvalue weighted by molar-refractivity contribution is 0.620. The predicted octanol–water partition coefficient (Wildman–Crippen LogP) is 1.30. The van der Waals surface area contributed by atoms with Crippen molar-refractivity contribution in [3.8, 4) is 0 Å². The van der Waals surface area contributed by atoms with E-state index in [1.54, 1.807) is 0 Å². The Morgan fingerprint density at radius 1 is 1.31 bits per heavy atom. The van der Waals surface area contributed by atoms with Crippen LogP contribution in [0.3, 0.4) is 0 Å². The van der Waals surface area contributed by atoms with Crippen molar-refractivity contribution in [1.82, 2.24) is 5.43 Å². The Balaban J connectivity index is 2.68. The number of hydrazone groups is 1. The molecule has 0 aliphatic carbocycles. The molecule has 0 aromatic heterocycles. The van der Waals surface area contributed by atoms with Gasteiger partial charge in [-0.2, -0.15) is 5.10 Å². The second kappa shape index (κ2) is 4.50. The van der Waals surface area contributed by atoms with Crippen LogP contribution in [0.4, 0.5) is 0 Å². The molecule has 3 N–H and O–H groups in total. The van der Waals surface area contributed by atoms with Crippen molar-refractivity contribution in [2.45, 2.75) is 19.9 Å². The van der Waals surface area contributed by atoms with Crippen molar-refractivity contribution in [2.75, 3.05) is 0 Å². The van der Waals surface area contributed by atoms with Gasteiger partial charge in [0.15, 0.2) is 5.84 Å². The van der Waals surface area contributed by atoms with Crippen molar-refractivity contribution < 1.29 is 0 Å². The summed E-state index contributed by atoms with van der Waals surface area (Å²) in [6, 6.07) is 10.00. The van der Waals surface area contributed by atoms with Gasteiger partial charge in [0.1, 0.15) is 0 Å². The summed E-state index contributed by atoms with van der Waals surface area (Å²) in [7, 11) is 0. The van der Waals surface area contributed by atoms with Gasteiger partial charge < -0.3 is 11.2 Å². The first kappa shape index (κ1) is 9.58. The van der Waals surface area contributed by atoms with Gasteiger partial charge in [0.2, 0.25) is 0 Å². The molecule has 0 saturated carbocycles. The van der Waals surface area contributed by atoms with Crippen LogP contribution in [0, 0.1) is 0 Å². The molecule has 1 aromatic carbocycles. The number of nitrogens with one attached hydrogen (secondary N) is 1. The molecule has 1 aromatic rings. The number of hydrogen-bond donors (Lipinski definition) is 2. The second-order valence-electron chi connectivity index (χ2n) is 3.15. The second-order valence-corrected chi connectivity index (χ2v) is 3.15. The van der Waals surface area contributed by atoms with Crippen molar-refractivity contribution in [3.05, 3.63) is 35.9 Å². The van der Waals surface area contributed by atoms with E-state index in [4.69, 9.17) is 5.73 Å². The molecule has 0 atom stereocenters. The van der Waals surface area contributed by atoms with Gasteiger partial charge >= 0.3 is 0 Å². The minimum atomic E-state index is 0.308. The normalized spacial score (nSPS) is 11.8. The molecular weight excluding hydrogens is 162 g/mol. The van der Waals surface area contributed by atoms with E-state index in [0.29, 0.717) is 11.9 Å². The Morgan fingerprint density at radius 3 is 2.46 bits per heavy atom. The molecule has 0 radical (unpaired) electrons. The maximum absolute atomic E-state index is 5.73. The van der Waals surface area contributed by atoms with Gasteiger partial charge in [-0.15, -0.1) is 0 Å². The summed E-state index contributed by atoms with van der Waals surface area (Å²) < 4.78 is 0. The van der Waals surface area contributed by atoms with Crippen molar-refractivity contribution in [3.63, 3.8) is 0 Å². The highest BCUT2D eigenvalue weighted by Crippen LogP contribution is 1.96. The largest absolute Gasteiger partial charge is 0.382 e. The van der Waals surface area contributed by atoms with E-state index < -0.39 is 0 Å². The maximum Gasteiger partial charge on any atom is 0.150 e. The molecule has 0 heterocycles. The van der Waals surface area contributed by atoms with Crippen LogP contribution in [0.1, 0.15) is 19.4 Å². The monoisotopic (exact) mass is 177 g/mol. The average Bonchev–Trinajstić information content (AvgIpc) is 2.15. The van der Waals surface area contributed by atoms with Crippen molar-refractivity contribution >= 4 is 5.84 Å². The zero-order valence-electron chi connectivity index (χ0n) is 7.99. The molecule has 70 valence electrons. The standard InChI is InChI=1S/C10H15N3/c1-8(2)12-13-10(11)9-6-4-3-5-7-9/h3-8,12H,1-2H3,(H2,11,13). The van der Waals surface area contributed by atoms with E-state index in [9.17, 15) is 0 Å². The first-order chi connectivity index (χ1) is 6.20. The molecule has 0 aliphatic rings. The number of hydrogen-bond acceptors (Lipinski definition) is 2. The molecule has 0 spiro atoms. The number of nitrogens with zero attached hydrogens (tertiary/aromatic N) is 1. The van der Waals surface area contributed by atoms with E-state index in [2.05, 4.69) is 10.5 Å². The average molecular weight is 177 g/mol. The molecular formula is C10H15N3. The number of benzene rings is 1. The lowest BCUT2D eigenvalue weighted by Crippen LogP contribution is -2.23. The van der Waals surface area contributed by atoms with Crippen molar-refractivity contribution in [1.29, 1.82) is 0 Å². The molecule has 3 nitrogen and oxygen atoms in total. The van der Waals surface area contributed by atoms with Gasteiger partial charge in [0.25, 0.3) is 0 Å². The fourth-order valence-corrected chi connectivity index (χ4v) is 0.872. The van der Waals surface area contributed by atoms with E-state index in [1.807, 2.05) is 44.2 Å². The Labute approximate surface area is 78.6 Å². The Morgan fingerprint density at radius 2 is 1.92 bits per heavy atom. The third-order valence-corrected chi connectivity index (χ3v) is 1.51. The minimum Gasteiger partial charge on any atom is -0.382 e. The molecule has 3 heteroatoms. The number of amidine groups is 1. The SMILES string of the molecule is CC(C)N/N=C(/N)c1ccccc1. The molecule has 0 bridgehead atoms. The van der Waals surface area contributed by atoms with Crippen LogP contribution in [0.5, 0.6) is 0 Å². The molecule has 0 unspecified atom stereocenters. The van der Waals surface area contributed by atoms with Crippen molar-refractivity contribution in [2.24, 2.45) is 10.8 Å². The van der Waals surface area contributed by atoms with Crippen LogP contribution in [0.15, 0.2) is 35.4 Å². The first-order valence-corrected chi connectivity index (χ1v) is 4.34. The van der Waals surface area contributed by atoms with Gasteiger partial charge in [-0.3, -0.25) is 0 Å². The van der Waals surface area contributed by atoms with Gasteiger partial charge in [-0.05, 0) is 13.8 Å². The van der Waals surface area contributed by atoms with Gasteiger partial charge in [-0.1, -0.05) is 30.3 Å². The smallest absolute Gasteiger partial charge is 0.150 e. The molecule has 0 amide bonds. The van der Waals surface area contributed by atoms with E-state index in [1.165, 1.54) is 0 Å². The summed E-state index contributed by atoms with van der Waals surface area (Å²) in [5.74, 6) is 0.523. The van der Waals surface area contributed by atoms with Crippen LogP contribution >= 0.6 is 0 Å². The molecule has 13 heavy (non-hydrogen) atoms. The summed E-state index contributed by atoms with van der Waals surface area (Å²) in [4.78, 5) is 0. The van der Waals surface area contributed by atoms with Crippen LogP contribution in [-0.4, -0.2) is 11.9 Å². The maximum atomic E-state index is 5.73. The Bertz CT molecular complexity index is 277. The zero-order chi connectivity index (χ0) is 9.68. The van der Waals surface area contributed by atoms with Gasteiger partial charge in [-0.25, -0.2) is 0 Å². The van der Waals surface area contributed by atoms with Crippen LogP contribution in [-0.2, 0) is 0 Å². The molecule has 1 rings (SSSR count). The highest BCUT2D eigenvalue weighted by molar-refractivity contribution is 5.97. The van der Waals surface area contributed by atoms with E-state index >= 15 is 0 Å². The summed E-state index contributed by atoms with van der Waals surface area (Å²) in [6.45, 7) is 4.03. The summed E-state index contributed by atoms with van der Waals surface area (Å²) in [6.07, 6.45) is 0. The molecule has 0 aliphatic heterocycles. The Hall–Kier alpha value is -1.51. The third kappa shape index (κ3) is 3.15. The highest BCUT2D eigenvalue weighted by atomic mass is 15.3. The fourth-order valence-electron chi connectivity index (χ4n) is 0.872. The van der Waals surface area contributed by atoms with Crippen LogP contribution in [0.2, 0.25) is 0 Å². The summed E-state index contributed by atoms with van der Waals surface area (Å²) in [5.41, 5.74) is 9.58. The van der Waals surface area contributed by atoms with Crippen LogP contribution in [0.25, 0.3) is 0 Å². The highest BCUT2D eigenvalue weighted by Gasteiger charge is 1.95.